The van der Waals surface area contributed by atoms with Gasteiger partial charge in [-0.1, -0.05) is 6.08 Å². The van der Waals surface area contributed by atoms with Crippen molar-refractivity contribution in [3.05, 3.63) is 12.2 Å². The molecular weight excluding hydrogens is 140 g/mol. The third-order valence-corrected chi connectivity index (χ3v) is 0.996. The van der Waals surface area contributed by atoms with Gasteiger partial charge in [-0.2, -0.15) is 0 Å². The van der Waals surface area contributed by atoms with Gasteiger partial charge in [0.2, 0.25) is 0 Å². The Balaban J connectivity index is 3.42. The highest BCUT2D eigenvalue weighted by molar-refractivity contribution is 5.81. The van der Waals surface area contributed by atoms with Gasteiger partial charge in [-0.05, 0) is 13.3 Å². The van der Waals surface area contributed by atoms with Gasteiger partial charge in [0.1, 0.15) is 0 Å². The molecule has 0 unspecified atom stereocenters. The van der Waals surface area contributed by atoms with Crippen LogP contribution in [0.3, 0.4) is 0 Å². The summed E-state index contributed by atoms with van der Waals surface area (Å²) < 4.78 is 4.64. The Labute approximate surface area is 67.2 Å². The smallest absolute Gasteiger partial charge is 0.330 e. The molecule has 2 nitrogen and oxygen atoms in total. The van der Waals surface area contributed by atoms with Crippen molar-refractivity contribution >= 4 is 5.97 Å². The number of hydrogen-bond donors (Lipinski definition) is 0. The second-order valence-electron chi connectivity index (χ2n) is 1.90. The van der Waals surface area contributed by atoms with E-state index in [2.05, 4.69) is 10.7 Å². The van der Waals surface area contributed by atoms with Gasteiger partial charge in [0.25, 0.3) is 0 Å². The molecule has 0 heterocycles. The Morgan fingerprint density at radius 1 is 1.73 bits per heavy atom. The summed E-state index contributed by atoms with van der Waals surface area (Å²) in [4.78, 5) is 10.6. The van der Waals surface area contributed by atoms with E-state index in [1.807, 2.05) is 0 Å². The van der Waals surface area contributed by atoms with Crippen LogP contribution in [0.4, 0.5) is 0 Å². The first-order chi connectivity index (χ1) is 5.31. The molecule has 0 aliphatic carbocycles. The molecule has 11 heavy (non-hydrogen) atoms. The maximum atomic E-state index is 10.6. The zero-order chi connectivity index (χ0) is 8.53. The van der Waals surface area contributed by atoms with E-state index in [4.69, 9.17) is 6.42 Å². The number of unbranched alkanes of at least 4 members (excludes halogenated alkanes) is 1. The molecule has 0 N–H and O–H groups in total. The minimum atomic E-state index is -0.301. The monoisotopic (exact) mass is 152 g/mol. The summed E-state index contributed by atoms with van der Waals surface area (Å²) in [5.74, 6) is 2.17. The van der Waals surface area contributed by atoms with E-state index in [9.17, 15) is 4.79 Å². The minimum Gasteiger partial charge on any atom is -0.463 e. The lowest BCUT2D eigenvalue weighted by molar-refractivity contribution is -0.137. The number of carbonyl (C=O) groups is 1. The third kappa shape index (κ3) is 6.66. The zero-order valence-corrected chi connectivity index (χ0v) is 6.67. The fourth-order valence-electron chi connectivity index (χ4n) is 0.537. The van der Waals surface area contributed by atoms with Gasteiger partial charge in [0.15, 0.2) is 0 Å². The summed E-state index contributed by atoms with van der Waals surface area (Å²) in [6, 6.07) is 0. The molecule has 2 heteroatoms. The number of carbonyl (C=O) groups excluding carboxylic acids is 1. The van der Waals surface area contributed by atoms with E-state index in [1.165, 1.54) is 6.08 Å². The number of esters is 1. The quantitative estimate of drug-likeness (QED) is 0.264. The van der Waals surface area contributed by atoms with Gasteiger partial charge >= 0.3 is 5.97 Å². The number of ether oxygens (including phenoxy) is 1. The van der Waals surface area contributed by atoms with Crippen molar-refractivity contribution in [2.75, 3.05) is 6.61 Å². The molecule has 0 rings (SSSR count). The van der Waals surface area contributed by atoms with Gasteiger partial charge in [0.05, 0.1) is 6.61 Å². The SMILES string of the molecule is C#CCC/C=C/C(=O)OCC. The van der Waals surface area contributed by atoms with Gasteiger partial charge in [0, 0.05) is 12.5 Å². The van der Waals surface area contributed by atoms with Crippen LogP contribution in [0.15, 0.2) is 12.2 Å². The van der Waals surface area contributed by atoms with E-state index in [0.717, 1.165) is 6.42 Å². The van der Waals surface area contributed by atoms with Crippen molar-refractivity contribution in [1.82, 2.24) is 0 Å². The number of terminal acetylenes is 1. The van der Waals surface area contributed by atoms with Crippen LogP contribution in [0.25, 0.3) is 0 Å². The second kappa shape index (κ2) is 6.88. The lowest BCUT2D eigenvalue weighted by Gasteiger charge is -1.93. The van der Waals surface area contributed by atoms with Gasteiger partial charge in [-0.15, -0.1) is 12.3 Å². The van der Waals surface area contributed by atoms with Crippen LogP contribution in [0.2, 0.25) is 0 Å². The van der Waals surface area contributed by atoms with Crippen LogP contribution >= 0.6 is 0 Å². The van der Waals surface area contributed by atoms with E-state index in [0.29, 0.717) is 13.0 Å². The van der Waals surface area contributed by atoms with Crippen molar-refractivity contribution in [2.24, 2.45) is 0 Å². The third-order valence-electron chi connectivity index (χ3n) is 0.996. The van der Waals surface area contributed by atoms with Crippen molar-refractivity contribution in [2.45, 2.75) is 19.8 Å². The Hall–Kier alpha value is -1.23. The molecule has 0 radical (unpaired) electrons. The van der Waals surface area contributed by atoms with Crippen LogP contribution in [-0.4, -0.2) is 12.6 Å². The summed E-state index contributed by atoms with van der Waals surface area (Å²) in [5, 5.41) is 0. The topological polar surface area (TPSA) is 26.3 Å². The van der Waals surface area contributed by atoms with Crippen molar-refractivity contribution in [3.63, 3.8) is 0 Å². The van der Waals surface area contributed by atoms with Crippen LogP contribution in [0.1, 0.15) is 19.8 Å². The normalized spacial score (nSPS) is 9.45. The molecule has 0 aromatic heterocycles. The van der Waals surface area contributed by atoms with Crippen LogP contribution < -0.4 is 0 Å². The molecular formula is C9H12O2. The summed E-state index contributed by atoms with van der Waals surface area (Å²) in [7, 11) is 0. The van der Waals surface area contributed by atoms with Crippen molar-refractivity contribution < 1.29 is 9.53 Å². The molecule has 0 aromatic rings. The summed E-state index contributed by atoms with van der Waals surface area (Å²) >= 11 is 0. The molecule has 0 aromatic carbocycles. The Morgan fingerprint density at radius 3 is 3.00 bits per heavy atom. The van der Waals surface area contributed by atoms with E-state index in [1.54, 1.807) is 13.0 Å². The maximum absolute atomic E-state index is 10.6. The standard InChI is InChI=1S/C9H12O2/c1-3-5-6-7-8-9(10)11-4-2/h1,7-8H,4-6H2,2H3/b8-7+. The fourth-order valence-corrected chi connectivity index (χ4v) is 0.537. The number of allylic oxidation sites excluding steroid dienone is 1. The Morgan fingerprint density at radius 2 is 2.45 bits per heavy atom. The van der Waals surface area contributed by atoms with E-state index < -0.39 is 0 Å². The lowest BCUT2D eigenvalue weighted by Crippen LogP contribution is -1.98. The highest BCUT2D eigenvalue weighted by atomic mass is 16.5. The zero-order valence-electron chi connectivity index (χ0n) is 6.67. The summed E-state index contributed by atoms with van der Waals surface area (Å²) in [6.07, 6.45) is 9.52. The molecule has 0 aliphatic rings. The molecule has 0 amide bonds. The molecule has 0 aliphatic heterocycles. The van der Waals surface area contributed by atoms with Crippen molar-refractivity contribution in [1.29, 1.82) is 0 Å². The summed E-state index contributed by atoms with van der Waals surface area (Å²) in [6.45, 7) is 2.19. The highest BCUT2D eigenvalue weighted by Crippen LogP contribution is 1.89. The maximum Gasteiger partial charge on any atom is 0.330 e. The highest BCUT2D eigenvalue weighted by Gasteiger charge is 1.90. The van der Waals surface area contributed by atoms with Gasteiger partial charge in [-0.3, -0.25) is 0 Å². The molecule has 0 saturated heterocycles. The number of rotatable bonds is 4. The molecule has 60 valence electrons. The largest absolute Gasteiger partial charge is 0.463 e. The Bertz CT molecular complexity index is 174. The predicted molar refractivity (Wildman–Crippen MR) is 43.8 cm³/mol. The molecule has 0 atom stereocenters. The first-order valence-electron chi connectivity index (χ1n) is 3.58. The van der Waals surface area contributed by atoms with Gasteiger partial charge < -0.3 is 4.74 Å². The fraction of sp³-hybridized carbons (Fsp3) is 0.444. The number of hydrogen-bond acceptors (Lipinski definition) is 2. The Kier molecular flexibility index (Phi) is 6.11. The first kappa shape index (κ1) is 9.77. The molecule has 0 fully saturated rings. The average molecular weight is 152 g/mol. The molecule has 0 spiro atoms. The lowest BCUT2D eigenvalue weighted by atomic mass is 10.3. The van der Waals surface area contributed by atoms with Crippen LogP contribution in [0.5, 0.6) is 0 Å². The molecule has 0 bridgehead atoms. The van der Waals surface area contributed by atoms with Crippen molar-refractivity contribution in [3.8, 4) is 12.3 Å². The molecule has 0 saturated carbocycles. The van der Waals surface area contributed by atoms with E-state index in [-0.39, 0.29) is 5.97 Å². The van der Waals surface area contributed by atoms with Crippen LogP contribution in [-0.2, 0) is 9.53 Å². The predicted octanol–water partition coefficient (Wildman–Crippen LogP) is 1.52. The van der Waals surface area contributed by atoms with Crippen LogP contribution in [0, 0.1) is 12.3 Å². The second-order valence-corrected chi connectivity index (χ2v) is 1.90. The van der Waals surface area contributed by atoms with E-state index >= 15 is 0 Å². The minimum absolute atomic E-state index is 0.301. The average Bonchev–Trinajstić information content (AvgIpc) is 1.99. The first-order valence-corrected chi connectivity index (χ1v) is 3.58. The summed E-state index contributed by atoms with van der Waals surface area (Å²) in [5.41, 5.74) is 0. The van der Waals surface area contributed by atoms with Gasteiger partial charge in [-0.25, -0.2) is 4.79 Å².